The van der Waals surface area contributed by atoms with Gasteiger partial charge in [0.15, 0.2) is 0 Å². The Morgan fingerprint density at radius 2 is 1.87 bits per heavy atom. The maximum absolute atomic E-state index is 12.8. The van der Waals surface area contributed by atoms with Gasteiger partial charge < -0.3 is 10.1 Å². The fourth-order valence-corrected chi connectivity index (χ4v) is 5.32. The molecule has 0 saturated heterocycles. The second-order valence-corrected chi connectivity index (χ2v) is 9.79. The van der Waals surface area contributed by atoms with Crippen LogP contribution in [0.25, 0.3) is 10.8 Å². The first kappa shape index (κ1) is 21.3. The summed E-state index contributed by atoms with van der Waals surface area (Å²) in [5.74, 6) is 0.492. The topological polar surface area (TPSA) is 75.7 Å². The van der Waals surface area contributed by atoms with Crippen LogP contribution in [0.5, 0.6) is 5.75 Å². The number of amides is 1. The number of hydrogen-bond donors (Lipinski definition) is 1. The van der Waals surface area contributed by atoms with Crippen LogP contribution in [0.3, 0.4) is 0 Å². The number of fused-ring (bicyclic) bond motifs is 2. The lowest BCUT2D eigenvalue weighted by Crippen LogP contribution is -2.40. The number of rotatable bonds is 7. The number of carbonyl (C=O) groups excluding carboxylic acids is 1. The standard InChI is InChI=1S/C24H26N2O4S/c1-30-22-10-9-21-17-26(13-11-19(21)15-22)31(28,29)14-12-25-24(27)16-20-7-4-6-18-5-2-3-8-23(18)20/h2-10,15H,11-14,16-17H2,1H3,(H,25,27). The summed E-state index contributed by atoms with van der Waals surface area (Å²) in [6.07, 6.45) is 0.875. The number of sulfonamides is 1. The Balaban J connectivity index is 1.33. The molecule has 1 aliphatic heterocycles. The van der Waals surface area contributed by atoms with Gasteiger partial charge in [0, 0.05) is 19.6 Å². The van der Waals surface area contributed by atoms with Gasteiger partial charge in [-0.3, -0.25) is 4.79 Å². The summed E-state index contributed by atoms with van der Waals surface area (Å²) in [5.41, 5.74) is 3.05. The molecular weight excluding hydrogens is 412 g/mol. The van der Waals surface area contributed by atoms with Gasteiger partial charge in [-0.2, -0.15) is 4.31 Å². The van der Waals surface area contributed by atoms with Crippen molar-refractivity contribution >= 4 is 26.7 Å². The van der Waals surface area contributed by atoms with Gasteiger partial charge in [-0.15, -0.1) is 0 Å². The second kappa shape index (κ2) is 9.08. The molecule has 31 heavy (non-hydrogen) atoms. The van der Waals surface area contributed by atoms with Crippen molar-refractivity contribution in [1.29, 1.82) is 0 Å². The number of benzene rings is 3. The van der Waals surface area contributed by atoms with E-state index >= 15 is 0 Å². The van der Waals surface area contributed by atoms with E-state index in [2.05, 4.69) is 5.32 Å². The van der Waals surface area contributed by atoms with Crippen LogP contribution < -0.4 is 10.1 Å². The number of carbonyl (C=O) groups is 1. The van der Waals surface area contributed by atoms with Crippen molar-refractivity contribution in [3.63, 3.8) is 0 Å². The Kier molecular flexibility index (Phi) is 6.25. The van der Waals surface area contributed by atoms with Crippen molar-refractivity contribution in [1.82, 2.24) is 9.62 Å². The Morgan fingerprint density at radius 3 is 2.71 bits per heavy atom. The van der Waals surface area contributed by atoms with Crippen LogP contribution in [-0.4, -0.2) is 44.6 Å². The maximum Gasteiger partial charge on any atom is 0.224 e. The average Bonchev–Trinajstić information content (AvgIpc) is 2.78. The van der Waals surface area contributed by atoms with Crippen LogP contribution in [0.4, 0.5) is 0 Å². The van der Waals surface area contributed by atoms with Crippen molar-refractivity contribution in [2.75, 3.05) is 26.0 Å². The Labute approximate surface area is 182 Å². The Morgan fingerprint density at radius 1 is 1.06 bits per heavy atom. The molecule has 1 heterocycles. The normalized spacial score (nSPS) is 14.2. The third kappa shape index (κ3) is 4.89. The zero-order valence-corrected chi connectivity index (χ0v) is 18.3. The summed E-state index contributed by atoms with van der Waals surface area (Å²) in [7, 11) is -1.84. The van der Waals surface area contributed by atoms with Gasteiger partial charge in [0.1, 0.15) is 5.75 Å². The van der Waals surface area contributed by atoms with E-state index in [0.29, 0.717) is 19.5 Å². The van der Waals surface area contributed by atoms with Gasteiger partial charge in [-0.1, -0.05) is 48.5 Å². The molecule has 0 atom stereocenters. The van der Waals surface area contributed by atoms with E-state index in [9.17, 15) is 13.2 Å². The zero-order valence-electron chi connectivity index (χ0n) is 17.5. The lowest BCUT2D eigenvalue weighted by atomic mass is 10.0. The molecule has 1 amide bonds. The molecule has 0 aromatic heterocycles. The van der Waals surface area contributed by atoms with E-state index in [-0.39, 0.29) is 24.6 Å². The van der Waals surface area contributed by atoms with Crippen molar-refractivity contribution < 1.29 is 17.9 Å². The number of methoxy groups -OCH3 is 1. The van der Waals surface area contributed by atoms with Crippen LogP contribution in [-0.2, 0) is 34.2 Å². The number of hydrogen-bond acceptors (Lipinski definition) is 4. The Hall–Kier alpha value is -2.90. The van der Waals surface area contributed by atoms with Crippen LogP contribution in [0.1, 0.15) is 16.7 Å². The smallest absolute Gasteiger partial charge is 0.224 e. The van der Waals surface area contributed by atoms with Gasteiger partial charge >= 0.3 is 0 Å². The Bertz CT molecular complexity index is 1200. The van der Waals surface area contributed by atoms with Crippen LogP contribution >= 0.6 is 0 Å². The molecule has 0 saturated carbocycles. The minimum Gasteiger partial charge on any atom is -0.497 e. The molecular formula is C24H26N2O4S. The summed E-state index contributed by atoms with van der Waals surface area (Å²) >= 11 is 0. The first-order valence-corrected chi connectivity index (χ1v) is 11.9. The zero-order chi connectivity index (χ0) is 21.8. The molecule has 0 bridgehead atoms. The van der Waals surface area contributed by atoms with Crippen molar-refractivity contribution in [3.05, 3.63) is 77.4 Å². The molecule has 3 aromatic carbocycles. The van der Waals surface area contributed by atoms with Gasteiger partial charge in [0.05, 0.1) is 19.3 Å². The highest BCUT2D eigenvalue weighted by Gasteiger charge is 2.26. The predicted octanol–water partition coefficient (Wildman–Crippen LogP) is 2.90. The molecule has 0 aliphatic carbocycles. The van der Waals surface area contributed by atoms with Crippen LogP contribution in [0, 0.1) is 0 Å². The van der Waals surface area contributed by atoms with Crippen molar-refractivity contribution in [2.45, 2.75) is 19.4 Å². The summed E-state index contributed by atoms with van der Waals surface area (Å²) in [5, 5.41) is 4.88. The lowest BCUT2D eigenvalue weighted by Gasteiger charge is -2.28. The summed E-state index contributed by atoms with van der Waals surface area (Å²) in [4.78, 5) is 12.4. The second-order valence-electron chi connectivity index (χ2n) is 7.70. The monoisotopic (exact) mass is 438 g/mol. The third-order valence-corrected chi connectivity index (χ3v) is 7.52. The fourth-order valence-electron chi connectivity index (χ4n) is 4.00. The maximum atomic E-state index is 12.8. The van der Waals surface area contributed by atoms with Gasteiger partial charge in [-0.25, -0.2) is 8.42 Å². The van der Waals surface area contributed by atoms with E-state index in [1.54, 1.807) is 7.11 Å². The van der Waals surface area contributed by atoms with E-state index < -0.39 is 10.0 Å². The van der Waals surface area contributed by atoms with E-state index in [4.69, 9.17) is 4.74 Å². The predicted molar refractivity (Wildman–Crippen MR) is 122 cm³/mol. The van der Waals surface area contributed by atoms with Crippen LogP contribution in [0.2, 0.25) is 0 Å². The van der Waals surface area contributed by atoms with Crippen molar-refractivity contribution in [3.8, 4) is 5.75 Å². The fraction of sp³-hybridized carbons (Fsp3) is 0.292. The average molecular weight is 439 g/mol. The quantitative estimate of drug-likeness (QED) is 0.616. The highest BCUT2D eigenvalue weighted by Crippen LogP contribution is 2.25. The highest BCUT2D eigenvalue weighted by atomic mass is 32.2. The lowest BCUT2D eigenvalue weighted by molar-refractivity contribution is -0.120. The summed E-state index contributed by atoms with van der Waals surface area (Å²) in [6, 6.07) is 19.5. The first-order valence-electron chi connectivity index (χ1n) is 10.3. The molecule has 0 radical (unpaired) electrons. The van der Waals surface area contributed by atoms with Gasteiger partial charge in [0.2, 0.25) is 15.9 Å². The third-order valence-electron chi connectivity index (χ3n) is 5.70. The SMILES string of the molecule is COc1ccc2c(c1)CCN(S(=O)(=O)CCNC(=O)Cc1cccc3ccccc13)C2. The molecule has 1 N–H and O–H groups in total. The summed E-state index contributed by atoms with van der Waals surface area (Å²) in [6.45, 7) is 0.885. The van der Waals surface area contributed by atoms with E-state index in [1.807, 2.05) is 60.7 Å². The summed E-state index contributed by atoms with van der Waals surface area (Å²) < 4.78 is 32.3. The van der Waals surface area contributed by atoms with Crippen LogP contribution in [0.15, 0.2) is 60.7 Å². The molecule has 4 rings (SSSR count). The number of nitrogens with zero attached hydrogens (tertiary/aromatic N) is 1. The molecule has 3 aromatic rings. The molecule has 1 aliphatic rings. The minimum atomic E-state index is -3.46. The van der Waals surface area contributed by atoms with Crippen molar-refractivity contribution in [2.24, 2.45) is 0 Å². The minimum absolute atomic E-state index is 0.0951. The first-order chi connectivity index (χ1) is 15.0. The molecule has 7 heteroatoms. The molecule has 0 unspecified atom stereocenters. The molecule has 162 valence electrons. The van der Waals surface area contributed by atoms with E-state index in [1.165, 1.54) is 4.31 Å². The van der Waals surface area contributed by atoms with Gasteiger partial charge in [0.25, 0.3) is 0 Å². The highest BCUT2D eigenvalue weighted by molar-refractivity contribution is 7.89. The van der Waals surface area contributed by atoms with E-state index in [0.717, 1.165) is 33.2 Å². The molecule has 0 fully saturated rings. The van der Waals surface area contributed by atoms with Gasteiger partial charge in [-0.05, 0) is 46.0 Å². The number of ether oxygens (including phenoxy) is 1. The number of nitrogens with one attached hydrogen (secondary N) is 1. The largest absolute Gasteiger partial charge is 0.497 e. The molecule has 6 nitrogen and oxygen atoms in total. The molecule has 0 spiro atoms.